The molecular weight excluding hydrogens is 232 g/mol. The van der Waals surface area contributed by atoms with Gasteiger partial charge in [-0.3, -0.25) is 0 Å². The van der Waals surface area contributed by atoms with Crippen molar-refractivity contribution in [2.45, 2.75) is 78.6 Å². The van der Waals surface area contributed by atoms with Crippen molar-refractivity contribution in [2.75, 3.05) is 0 Å². The SMILES string of the molecule is [CH2-]CCCC.[CH2-]CCCC.[CH2-]CCCC.[Cr+3]. The molecule has 0 amide bonds. The van der Waals surface area contributed by atoms with Crippen LogP contribution in [0.3, 0.4) is 0 Å². The largest absolute Gasteiger partial charge is 3.00 e. The van der Waals surface area contributed by atoms with Crippen LogP contribution < -0.4 is 0 Å². The maximum atomic E-state index is 3.68. The van der Waals surface area contributed by atoms with Gasteiger partial charge in [-0.25, -0.2) is 0 Å². The number of hydrogen-bond acceptors (Lipinski definition) is 0. The summed E-state index contributed by atoms with van der Waals surface area (Å²) in [6.45, 7) is 17.5. The third-order valence-corrected chi connectivity index (χ3v) is 1.81. The van der Waals surface area contributed by atoms with Gasteiger partial charge in [0, 0.05) is 0 Å². The van der Waals surface area contributed by atoms with Crippen LogP contribution in [0, 0.1) is 20.8 Å². The average Bonchev–Trinajstić information content (AvgIpc) is 2.23. The molecule has 99 valence electrons. The van der Waals surface area contributed by atoms with Crippen LogP contribution in [0.25, 0.3) is 0 Å². The van der Waals surface area contributed by atoms with Gasteiger partial charge in [-0.1, -0.05) is 59.3 Å². The van der Waals surface area contributed by atoms with E-state index in [-0.39, 0.29) is 17.4 Å². The molecule has 0 unspecified atom stereocenters. The summed E-state index contributed by atoms with van der Waals surface area (Å²) in [5, 5.41) is 0. The molecule has 0 rings (SSSR count). The molecular formula is C15H33Cr. The van der Waals surface area contributed by atoms with Crippen molar-refractivity contribution in [3.05, 3.63) is 20.8 Å². The third-order valence-electron chi connectivity index (χ3n) is 1.81. The first-order valence-corrected chi connectivity index (χ1v) is 6.62. The molecule has 0 saturated carbocycles. The fraction of sp³-hybridized carbons (Fsp3) is 0.800. The van der Waals surface area contributed by atoms with Crippen molar-refractivity contribution >= 4 is 0 Å². The summed E-state index contributed by atoms with van der Waals surface area (Å²) in [5.74, 6) is 0. The van der Waals surface area contributed by atoms with Crippen molar-refractivity contribution in [2.24, 2.45) is 0 Å². The van der Waals surface area contributed by atoms with E-state index in [1.807, 2.05) is 0 Å². The zero-order chi connectivity index (χ0) is 12.4. The molecule has 0 aromatic heterocycles. The molecule has 1 radical (unpaired) electrons. The normalized spacial score (nSPS) is 7.88. The van der Waals surface area contributed by atoms with Gasteiger partial charge < -0.3 is 20.8 Å². The topological polar surface area (TPSA) is 0 Å². The molecule has 0 bridgehead atoms. The van der Waals surface area contributed by atoms with Crippen LogP contribution in [-0.2, 0) is 17.4 Å². The molecule has 0 heterocycles. The number of rotatable bonds is 6. The molecule has 1 heteroatoms. The van der Waals surface area contributed by atoms with Gasteiger partial charge in [0.1, 0.15) is 0 Å². The van der Waals surface area contributed by atoms with Gasteiger partial charge in [0.25, 0.3) is 0 Å². The van der Waals surface area contributed by atoms with Gasteiger partial charge in [0.05, 0.1) is 0 Å². The minimum Gasteiger partial charge on any atom is -0.343 e. The summed E-state index contributed by atoms with van der Waals surface area (Å²) in [4.78, 5) is 0. The van der Waals surface area contributed by atoms with Crippen molar-refractivity contribution in [3.8, 4) is 0 Å². The van der Waals surface area contributed by atoms with Gasteiger partial charge in [0.2, 0.25) is 0 Å². The number of hydrogen-bond donors (Lipinski definition) is 0. The minimum absolute atomic E-state index is 0. The van der Waals surface area contributed by atoms with E-state index in [4.69, 9.17) is 0 Å². The predicted molar refractivity (Wildman–Crippen MR) is 74.6 cm³/mol. The van der Waals surface area contributed by atoms with Crippen LogP contribution in [0.2, 0.25) is 0 Å². The summed E-state index contributed by atoms with van der Waals surface area (Å²) in [6.07, 6.45) is 11.0. The molecule has 0 aliphatic rings. The van der Waals surface area contributed by atoms with E-state index in [1.165, 1.54) is 38.5 Å². The monoisotopic (exact) mass is 265 g/mol. The minimum atomic E-state index is 0. The van der Waals surface area contributed by atoms with E-state index in [2.05, 4.69) is 41.5 Å². The van der Waals surface area contributed by atoms with E-state index in [9.17, 15) is 0 Å². The van der Waals surface area contributed by atoms with Crippen LogP contribution >= 0.6 is 0 Å². The standard InChI is InChI=1S/3C5H11.Cr/c3*1-3-5-4-2;/h3*1,3-5H2,2H3;/q3*-1;+3. The molecule has 0 aromatic rings. The Balaban J connectivity index is -0.0000000655. The molecule has 0 fully saturated rings. The van der Waals surface area contributed by atoms with Crippen LogP contribution in [0.4, 0.5) is 0 Å². The van der Waals surface area contributed by atoms with Gasteiger partial charge in [-0.2, -0.15) is 19.3 Å². The second-order valence-electron chi connectivity index (χ2n) is 3.62. The third kappa shape index (κ3) is 62.4. The van der Waals surface area contributed by atoms with E-state index in [0.717, 1.165) is 19.3 Å². The predicted octanol–water partition coefficient (Wildman–Crippen LogP) is 6.03. The number of unbranched alkanes of at least 4 members (excludes halogenated alkanes) is 6. The molecule has 0 spiro atoms. The second kappa shape index (κ2) is 36.1. The summed E-state index contributed by atoms with van der Waals surface area (Å²) in [7, 11) is 0. The van der Waals surface area contributed by atoms with E-state index in [1.54, 1.807) is 0 Å². The Morgan fingerprint density at radius 1 is 0.562 bits per heavy atom. The summed E-state index contributed by atoms with van der Waals surface area (Å²) in [6, 6.07) is 0. The average molecular weight is 265 g/mol. The fourth-order valence-electron chi connectivity index (χ4n) is 0.750. The first kappa shape index (κ1) is 25.4. The fourth-order valence-corrected chi connectivity index (χ4v) is 0.750. The van der Waals surface area contributed by atoms with E-state index >= 15 is 0 Å². The van der Waals surface area contributed by atoms with E-state index < -0.39 is 0 Å². The first-order chi connectivity index (χ1) is 7.24. The maximum absolute atomic E-state index is 3.68. The molecule has 0 nitrogen and oxygen atoms in total. The molecule has 0 aliphatic carbocycles. The smallest absolute Gasteiger partial charge is 0.343 e. The Morgan fingerprint density at radius 3 is 0.750 bits per heavy atom. The molecule has 16 heavy (non-hydrogen) atoms. The zero-order valence-corrected chi connectivity index (χ0v) is 13.2. The van der Waals surface area contributed by atoms with Crippen molar-refractivity contribution in [1.29, 1.82) is 0 Å². The molecule has 0 atom stereocenters. The van der Waals surface area contributed by atoms with Crippen LogP contribution in [0.1, 0.15) is 78.6 Å². The van der Waals surface area contributed by atoms with Crippen LogP contribution in [0.15, 0.2) is 0 Å². The summed E-state index contributed by atoms with van der Waals surface area (Å²) in [5.41, 5.74) is 0. The van der Waals surface area contributed by atoms with Gasteiger partial charge in [-0.15, -0.1) is 0 Å². The van der Waals surface area contributed by atoms with Gasteiger partial charge in [-0.05, 0) is 0 Å². The van der Waals surface area contributed by atoms with Crippen molar-refractivity contribution in [1.82, 2.24) is 0 Å². The summed E-state index contributed by atoms with van der Waals surface area (Å²) >= 11 is 0. The Labute approximate surface area is 117 Å². The first-order valence-electron chi connectivity index (χ1n) is 6.62. The molecule has 0 saturated heterocycles. The van der Waals surface area contributed by atoms with Crippen molar-refractivity contribution in [3.63, 3.8) is 0 Å². The Kier molecular flexibility index (Phi) is 57.3. The van der Waals surface area contributed by atoms with Gasteiger partial charge in [0.15, 0.2) is 0 Å². The Hall–Kier alpha value is 0.532. The van der Waals surface area contributed by atoms with Crippen molar-refractivity contribution < 1.29 is 17.4 Å². The second-order valence-corrected chi connectivity index (χ2v) is 3.62. The van der Waals surface area contributed by atoms with Crippen LogP contribution in [0.5, 0.6) is 0 Å². The Bertz CT molecular complexity index is 42.2. The molecule has 0 N–H and O–H groups in total. The Morgan fingerprint density at radius 2 is 0.750 bits per heavy atom. The molecule has 0 aromatic carbocycles. The quantitative estimate of drug-likeness (QED) is 0.514. The van der Waals surface area contributed by atoms with E-state index in [0.29, 0.717) is 0 Å². The molecule has 0 aliphatic heterocycles. The van der Waals surface area contributed by atoms with Gasteiger partial charge >= 0.3 is 17.4 Å². The summed E-state index contributed by atoms with van der Waals surface area (Å²) < 4.78 is 0. The van der Waals surface area contributed by atoms with Crippen LogP contribution in [-0.4, -0.2) is 0 Å². The maximum Gasteiger partial charge on any atom is 3.00 e. The zero-order valence-electron chi connectivity index (χ0n) is 11.9.